The first kappa shape index (κ1) is 18.3. The molecule has 2 atom stereocenters. The van der Waals surface area contributed by atoms with Crippen molar-refractivity contribution in [3.63, 3.8) is 0 Å². The molecule has 1 aromatic carbocycles. The molecule has 138 valence electrons. The molecular weight excluding hydrogens is 344 g/mol. The Morgan fingerprint density at radius 3 is 2.89 bits per heavy atom. The Labute approximate surface area is 157 Å². The standard InChI is InChI=1S/C19H20N6O2/c1-19(9-16(26)25(2)18(21)24-19)13-4-3-5-14(8-13)23-17(27)15-7-6-12(10-20)11-22-15/h3-8,12H,9,11H2,1-2H3,(H2,21,24)(H,23,27)/t12?,19-/m0/s1. The molecule has 8 nitrogen and oxygen atoms in total. The minimum atomic E-state index is -0.795. The van der Waals surface area contributed by atoms with E-state index in [1.165, 1.54) is 4.90 Å². The van der Waals surface area contributed by atoms with Gasteiger partial charge in [-0.25, -0.2) is 4.99 Å². The van der Waals surface area contributed by atoms with Crippen LogP contribution in [0, 0.1) is 17.2 Å². The van der Waals surface area contributed by atoms with Crippen molar-refractivity contribution >= 4 is 29.2 Å². The van der Waals surface area contributed by atoms with Crippen molar-refractivity contribution in [2.24, 2.45) is 21.6 Å². The summed E-state index contributed by atoms with van der Waals surface area (Å²) in [4.78, 5) is 34.5. The van der Waals surface area contributed by atoms with Crippen LogP contribution in [-0.2, 0) is 15.1 Å². The lowest BCUT2D eigenvalue weighted by molar-refractivity contribution is -0.128. The molecule has 2 heterocycles. The Morgan fingerprint density at radius 1 is 1.48 bits per heavy atom. The van der Waals surface area contributed by atoms with Crippen LogP contribution in [0.25, 0.3) is 0 Å². The van der Waals surface area contributed by atoms with Crippen LogP contribution in [0.15, 0.2) is 46.4 Å². The Morgan fingerprint density at radius 2 is 2.26 bits per heavy atom. The molecule has 3 rings (SSSR count). The lowest BCUT2D eigenvalue weighted by Gasteiger charge is -2.33. The number of dihydropyridines is 1. The zero-order valence-corrected chi connectivity index (χ0v) is 15.1. The lowest BCUT2D eigenvalue weighted by atomic mass is 9.87. The van der Waals surface area contributed by atoms with Crippen LogP contribution in [0.4, 0.5) is 5.69 Å². The van der Waals surface area contributed by atoms with E-state index < -0.39 is 5.54 Å². The number of nitrogens with zero attached hydrogens (tertiary/aromatic N) is 4. The normalized spacial score (nSPS) is 24.7. The van der Waals surface area contributed by atoms with Gasteiger partial charge in [0, 0.05) is 12.7 Å². The van der Waals surface area contributed by atoms with Crippen molar-refractivity contribution in [1.82, 2.24) is 4.90 Å². The Bertz CT molecular complexity index is 926. The molecule has 0 spiro atoms. The topological polar surface area (TPSA) is 124 Å². The van der Waals surface area contributed by atoms with Gasteiger partial charge in [0.25, 0.3) is 5.91 Å². The first-order valence-electron chi connectivity index (χ1n) is 8.48. The summed E-state index contributed by atoms with van der Waals surface area (Å²) in [5.41, 5.74) is 6.68. The number of guanidine groups is 1. The Balaban J connectivity index is 1.80. The third-order valence-electron chi connectivity index (χ3n) is 4.66. The van der Waals surface area contributed by atoms with Crippen molar-refractivity contribution in [2.75, 3.05) is 18.9 Å². The van der Waals surface area contributed by atoms with Gasteiger partial charge in [-0.3, -0.25) is 19.5 Å². The van der Waals surface area contributed by atoms with E-state index in [1.807, 2.05) is 13.0 Å². The molecule has 0 aliphatic carbocycles. The zero-order chi connectivity index (χ0) is 19.6. The maximum atomic E-state index is 12.4. The number of nitrogens with one attached hydrogen (secondary N) is 1. The third-order valence-corrected chi connectivity index (χ3v) is 4.66. The summed E-state index contributed by atoms with van der Waals surface area (Å²) in [7, 11) is 1.59. The minimum Gasteiger partial charge on any atom is -0.369 e. The van der Waals surface area contributed by atoms with Crippen LogP contribution in [0.1, 0.15) is 18.9 Å². The zero-order valence-electron chi connectivity index (χ0n) is 15.1. The molecule has 0 saturated heterocycles. The fraction of sp³-hybridized carbons (Fsp3) is 0.316. The largest absolute Gasteiger partial charge is 0.369 e. The molecular formula is C19H20N6O2. The molecule has 1 aromatic rings. The molecule has 0 saturated carbocycles. The summed E-state index contributed by atoms with van der Waals surface area (Å²) < 4.78 is 0. The summed E-state index contributed by atoms with van der Waals surface area (Å²) >= 11 is 0. The lowest BCUT2D eigenvalue weighted by Crippen LogP contribution is -2.47. The molecule has 3 N–H and O–H groups in total. The fourth-order valence-corrected chi connectivity index (χ4v) is 2.95. The highest BCUT2D eigenvalue weighted by Gasteiger charge is 2.36. The minimum absolute atomic E-state index is 0.117. The highest BCUT2D eigenvalue weighted by Crippen LogP contribution is 2.34. The van der Waals surface area contributed by atoms with E-state index in [4.69, 9.17) is 11.0 Å². The SMILES string of the molecule is CN1C(=O)C[C@@](C)(c2cccc(NC(=O)C3=NCC(C#N)C=C3)c2)N=C1N. The van der Waals surface area contributed by atoms with E-state index in [1.54, 1.807) is 37.4 Å². The Kier molecular flexibility index (Phi) is 4.77. The van der Waals surface area contributed by atoms with Crippen molar-refractivity contribution in [3.8, 4) is 6.07 Å². The number of benzene rings is 1. The summed E-state index contributed by atoms with van der Waals surface area (Å²) in [5.74, 6) is -0.604. The van der Waals surface area contributed by atoms with Crippen LogP contribution >= 0.6 is 0 Å². The number of carbonyl (C=O) groups is 2. The van der Waals surface area contributed by atoms with Crippen LogP contribution in [0.2, 0.25) is 0 Å². The van der Waals surface area contributed by atoms with Crippen LogP contribution in [-0.4, -0.2) is 42.0 Å². The second kappa shape index (κ2) is 7.03. The smallest absolute Gasteiger partial charge is 0.273 e. The number of nitriles is 1. The molecule has 0 fully saturated rings. The molecule has 2 aliphatic rings. The van der Waals surface area contributed by atoms with Gasteiger partial charge in [0.05, 0.1) is 30.5 Å². The average Bonchev–Trinajstić information content (AvgIpc) is 2.66. The first-order valence-corrected chi connectivity index (χ1v) is 8.48. The molecule has 27 heavy (non-hydrogen) atoms. The summed E-state index contributed by atoms with van der Waals surface area (Å²) in [6.07, 6.45) is 3.41. The molecule has 8 heteroatoms. The predicted molar refractivity (Wildman–Crippen MR) is 102 cm³/mol. The fourth-order valence-electron chi connectivity index (χ4n) is 2.95. The highest BCUT2D eigenvalue weighted by atomic mass is 16.2. The van der Waals surface area contributed by atoms with E-state index in [9.17, 15) is 9.59 Å². The van der Waals surface area contributed by atoms with E-state index >= 15 is 0 Å². The van der Waals surface area contributed by atoms with Crippen LogP contribution in [0.3, 0.4) is 0 Å². The number of carbonyl (C=O) groups excluding carboxylic acids is 2. The monoisotopic (exact) mass is 364 g/mol. The van der Waals surface area contributed by atoms with Gasteiger partial charge in [-0.2, -0.15) is 5.26 Å². The van der Waals surface area contributed by atoms with Gasteiger partial charge in [0.15, 0.2) is 5.96 Å². The van der Waals surface area contributed by atoms with Crippen LogP contribution < -0.4 is 11.1 Å². The maximum Gasteiger partial charge on any atom is 0.273 e. The van der Waals surface area contributed by atoms with E-state index in [2.05, 4.69) is 21.4 Å². The molecule has 0 aromatic heterocycles. The number of hydrogen-bond acceptors (Lipinski definition) is 6. The van der Waals surface area contributed by atoms with Gasteiger partial charge in [-0.15, -0.1) is 0 Å². The first-order chi connectivity index (χ1) is 12.8. The van der Waals surface area contributed by atoms with Crippen molar-refractivity contribution in [3.05, 3.63) is 42.0 Å². The van der Waals surface area contributed by atoms with Gasteiger partial charge in [-0.1, -0.05) is 18.2 Å². The summed E-state index contributed by atoms with van der Waals surface area (Å²) in [5, 5.41) is 11.7. The van der Waals surface area contributed by atoms with Gasteiger partial charge in [0.2, 0.25) is 5.91 Å². The summed E-state index contributed by atoms with van der Waals surface area (Å²) in [6.45, 7) is 2.11. The number of nitrogens with two attached hydrogens (primary N) is 1. The summed E-state index contributed by atoms with van der Waals surface area (Å²) in [6, 6.07) is 9.25. The quantitative estimate of drug-likeness (QED) is 0.835. The van der Waals surface area contributed by atoms with Gasteiger partial charge >= 0.3 is 0 Å². The number of hydrogen-bond donors (Lipinski definition) is 2. The molecule has 0 bridgehead atoms. The van der Waals surface area contributed by atoms with Crippen molar-refractivity contribution in [1.29, 1.82) is 5.26 Å². The van der Waals surface area contributed by atoms with E-state index in [0.29, 0.717) is 5.69 Å². The predicted octanol–water partition coefficient (Wildman–Crippen LogP) is 1.17. The van der Waals surface area contributed by atoms with Crippen molar-refractivity contribution < 1.29 is 9.59 Å². The Hall–Kier alpha value is -3.47. The van der Waals surface area contributed by atoms with Gasteiger partial charge in [0.1, 0.15) is 5.71 Å². The number of anilines is 1. The van der Waals surface area contributed by atoms with Gasteiger partial charge < -0.3 is 11.1 Å². The number of rotatable bonds is 3. The second-order valence-electron chi connectivity index (χ2n) is 6.73. The average molecular weight is 364 g/mol. The maximum absolute atomic E-state index is 12.4. The van der Waals surface area contributed by atoms with E-state index in [0.717, 1.165) is 5.56 Å². The third kappa shape index (κ3) is 3.72. The number of amides is 2. The molecule has 0 radical (unpaired) electrons. The highest BCUT2D eigenvalue weighted by molar-refractivity contribution is 6.47. The second-order valence-corrected chi connectivity index (χ2v) is 6.73. The number of aliphatic imine (C=N–C) groups is 2. The molecule has 2 aliphatic heterocycles. The molecule has 1 unspecified atom stereocenters. The van der Waals surface area contributed by atoms with Crippen molar-refractivity contribution in [2.45, 2.75) is 18.9 Å². The van der Waals surface area contributed by atoms with E-state index in [-0.39, 0.29) is 42.4 Å². The van der Waals surface area contributed by atoms with Crippen LogP contribution in [0.5, 0.6) is 0 Å². The molecule has 2 amide bonds. The van der Waals surface area contributed by atoms with Gasteiger partial charge in [-0.05, 0) is 30.7 Å².